The summed E-state index contributed by atoms with van der Waals surface area (Å²) >= 11 is 58.8. The minimum absolute atomic E-state index is 0. The molecule has 4 N–H and O–H groups in total. The second-order valence-electron chi connectivity index (χ2n) is 19.3. The number of H-pyrrole nitrogens is 4. The summed E-state index contributed by atoms with van der Waals surface area (Å²) in [5.74, 6) is 0. The second-order valence-corrected chi connectivity index (χ2v) is 32.9. The van der Waals surface area contributed by atoms with Crippen LogP contribution in [0.25, 0.3) is 177 Å². The van der Waals surface area contributed by atoms with Crippen molar-refractivity contribution in [1.82, 2.24) is 0 Å². The van der Waals surface area contributed by atoms with Gasteiger partial charge in [-0.25, -0.2) is 19.9 Å². The molecule has 16 heterocycles. The van der Waals surface area contributed by atoms with Gasteiger partial charge < -0.3 is 54.1 Å². The molecule has 0 saturated heterocycles. The Kier molecular flexibility index (Phi) is 61.2. The molecule has 16 aromatic heterocycles. The van der Waals surface area contributed by atoms with Gasteiger partial charge in [0.15, 0.2) is 24.8 Å². The molecule has 0 amide bonds. The Balaban J connectivity index is 0.000000689. The third kappa shape index (κ3) is 37.8. The Morgan fingerprint density at radius 2 is 0.345 bits per heavy atom. The summed E-state index contributed by atoms with van der Waals surface area (Å²) in [5, 5.41) is 102. The van der Waals surface area contributed by atoms with Gasteiger partial charge in [0.1, 0.15) is 0 Å². The van der Waals surface area contributed by atoms with Crippen LogP contribution in [0.15, 0.2) is 262 Å². The molecule has 16 rings (SSSR count). The van der Waals surface area contributed by atoms with E-state index in [1.807, 2.05) is 94.4 Å². The standard InChI is InChI=1S/4C17H11NS3.10CNS.2Fe/c4*1-2-8-18-13(5-1)12-11-16(14-6-3-9-19-14)21-17(12)15-7-4-10-20-15;10*2-1-3;;/h4*1-11H;;;;;;;;;;;;/q;;;;10*-1;2*+3/p+4. The van der Waals surface area contributed by atoms with E-state index < -0.39 is 0 Å². The average Bonchev–Trinajstić information content (AvgIpc) is 1.67. The zero-order valence-corrected chi connectivity index (χ0v) is 78.7. The van der Waals surface area contributed by atoms with E-state index in [4.69, 9.17) is 54.1 Å². The monoisotopic (exact) mass is 2000 g/mol. The third-order valence-electron chi connectivity index (χ3n) is 13.0. The van der Waals surface area contributed by atoms with Crippen LogP contribution < -0.4 is 19.9 Å². The van der Waals surface area contributed by atoms with Crippen molar-refractivity contribution in [1.29, 1.82) is 0 Å². The van der Waals surface area contributed by atoms with Gasteiger partial charge in [0, 0.05) is 107 Å². The largest absolute Gasteiger partial charge is 3.00 e. The smallest absolute Gasteiger partial charge is 0.753 e. The minimum atomic E-state index is 0. The Hall–Kier alpha value is -7.96. The van der Waals surface area contributed by atoms with Crippen molar-refractivity contribution in [2.24, 2.45) is 0 Å². The molecule has 116 heavy (non-hydrogen) atoms. The van der Waals surface area contributed by atoms with Crippen LogP contribution in [-0.2, 0) is 34.1 Å². The quantitative estimate of drug-likeness (QED) is 0.0633. The van der Waals surface area contributed by atoms with Gasteiger partial charge in [0.25, 0.3) is 0 Å². The van der Waals surface area contributed by atoms with Crippen molar-refractivity contribution in [2.75, 3.05) is 0 Å². The zero-order valence-electron chi connectivity index (χ0n) is 58.6. The molecule has 578 valence electrons. The fourth-order valence-electron chi connectivity index (χ4n) is 9.13. The molecule has 0 saturated carbocycles. The fraction of sp³-hybridized carbons (Fsp3) is 0. The molecule has 0 bridgehead atoms. The first kappa shape index (κ1) is 106. The van der Waals surface area contributed by atoms with Crippen molar-refractivity contribution in [3.8, 4) is 123 Å². The van der Waals surface area contributed by atoms with Crippen molar-refractivity contribution >= 4 is 310 Å². The molecule has 0 spiro atoms. The van der Waals surface area contributed by atoms with Crippen LogP contribution >= 0.6 is 258 Å². The van der Waals surface area contributed by atoms with Crippen LogP contribution in [0.4, 0.5) is 0 Å². The van der Waals surface area contributed by atoms with E-state index in [2.05, 4.69) is 355 Å². The Bertz CT molecular complexity index is 4850. The molecule has 0 aromatic carbocycles. The maximum atomic E-state index is 7.13. The van der Waals surface area contributed by atoms with E-state index in [-0.39, 0.29) is 34.1 Å². The first-order valence-electron chi connectivity index (χ1n) is 30.7. The van der Waals surface area contributed by atoms with Gasteiger partial charge in [-0.2, -0.15) is 51.6 Å². The first-order chi connectivity index (χ1) is 55.8. The summed E-state index contributed by atoms with van der Waals surface area (Å²) in [4.78, 5) is 34.8. The van der Waals surface area contributed by atoms with Crippen LogP contribution in [0, 0.1) is 0 Å². The second kappa shape index (κ2) is 67.0. The van der Waals surface area contributed by atoms with Gasteiger partial charge in [-0.15, -0.1) is 136 Å². The summed E-state index contributed by atoms with van der Waals surface area (Å²) in [6, 6.07) is 68.5. The number of nitrogens with zero attached hydrogens (tertiary/aromatic N) is 10. The Morgan fingerprint density at radius 1 is 0.198 bits per heavy atom. The van der Waals surface area contributed by atoms with Gasteiger partial charge in [0.2, 0.25) is 22.8 Å². The molecule has 0 aliphatic heterocycles. The van der Waals surface area contributed by atoms with Crippen molar-refractivity contribution in [3.63, 3.8) is 0 Å². The number of aromatic amines is 4. The van der Waals surface area contributed by atoms with Crippen molar-refractivity contribution in [3.05, 3.63) is 316 Å². The van der Waals surface area contributed by atoms with Gasteiger partial charge in [-0.1, -0.05) is 171 Å². The minimum Gasteiger partial charge on any atom is -0.753 e. The molecule has 0 unspecified atom stereocenters. The van der Waals surface area contributed by atoms with Crippen LogP contribution in [0.5, 0.6) is 0 Å². The summed E-state index contributed by atoms with van der Waals surface area (Å²) in [7, 11) is 0. The molecule has 0 fully saturated rings. The average molecular weight is 2000 g/mol. The fourth-order valence-corrected chi connectivity index (χ4v) is 20.6. The number of thiocarbonyl (C=S) groups is 10. The van der Waals surface area contributed by atoms with E-state index >= 15 is 0 Å². The Labute approximate surface area is 792 Å². The molecular formula is C78H48Fe2N14S22. The van der Waals surface area contributed by atoms with Crippen molar-refractivity contribution < 1.29 is 54.1 Å². The summed E-state index contributed by atoms with van der Waals surface area (Å²) in [6.07, 6.45) is 7.93. The summed E-state index contributed by atoms with van der Waals surface area (Å²) in [5.41, 5.74) is 9.80. The number of isothiocyanates is 10. The van der Waals surface area contributed by atoms with E-state index in [9.17, 15) is 0 Å². The number of rotatable bonds is 12. The number of thiophene rings is 12. The SMILES string of the molecule is [Fe+3].[Fe+3].[N-]=C=S.[N-]=C=S.[N-]=C=S.[N-]=C=S.[N-]=C=S.[N-]=C=S.[N-]=C=S.[N-]=C=S.[N-]=C=S.[N-]=C=S.c1ccc(-c2cc(-c3cccs3)sc2-c2cccs2)[nH+]c1.c1ccc(-c2cc(-c3cccs3)sc2-c2cccs2)[nH+]c1.c1ccc(-c2cc(-c3cccs3)sc2-c2cccs2)[nH+]c1.c1ccc(-c2cc(-c3cccs3)sc2-c2cccs2)[nH+]c1. The number of hydrogen-bond donors (Lipinski definition) is 0. The van der Waals surface area contributed by atoms with Gasteiger partial charge in [0.05, 0.1) is 41.8 Å². The number of pyridine rings is 4. The molecule has 16 aromatic rings. The molecule has 14 nitrogen and oxygen atoms in total. The molecule has 2 radical (unpaired) electrons. The predicted molar refractivity (Wildman–Crippen MR) is 531 cm³/mol. The molecule has 0 atom stereocenters. The number of nitrogens with one attached hydrogen (secondary N) is 4. The van der Waals surface area contributed by atoms with E-state index in [1.54, 1.807) is 90.7 Å². The van der Waals surface area contributed by atoms with Gasteiger partial charge >= 0.3 is 34.1 Å². The molecule has 38 heteroatoms. The van der Waals surface area contributed by atoms with Gasteiger partial charge in [-0.05, 0) is 140 Å². The first-order valence-corrected chi connectivity index (χ1v) is 45.1. The molecular weight excluding hydrogens is 1950 g/mol. The molecule has 0 aliphatic rings. The summed E-state index contributed by atoms with van der Waals surface area (Å²) < 4.78 is 0. The maximum Gasteiger partial charge on any atom is 3.00 e. The van der Waals surface area contributed by atoms with Crippen LogP contribution in [0.2, 0.25) is 0 Å². The van der Waals surface area contributed by atoms with Crippen LogP contribution in [-0.4, -0.2) is 51.6 Å². The van der Waals surface area contributed by atoms with Crippen LogP contribution in [0.1, 0.15) is 0 Å². The topological polar surface area (TPSA) is 280 Å². The number of hydrogen-bond acceptors (Lipinski definition) is 22. The maximum absolute atomic E-state index is 7.13. The predicted octanol–water partition coefficient (Wildman–Crippen LogP) is 29.3. The van der Waals surface area contributed by atoms with Crippen LogP contribution in [0.3, 0.4) is 0 Å². The third-order valence-corrected chi connectivity index (χ3v) is 26.0. The van der Waals surface area contributed by atoms with E-state index in [0.717, 1.165) is 0 Å². The van der Waals surface area contributed by atoms with Crippen molar-refractivity contribution in [2.45, 2.75) is 0 Å². The van der Waals surface area contributed by atoms with Gasteiger partial charge in [-0.3, -0.25) is 0 Å². The number of aromatic nitrogens is 4. The van der Waals surface area contributed by atoms with E-state index in [0.29, 0.717) is 0 Å². The zero-order chi connectivity index (χ0) is 83.4. The Morgan fingerprint density at radius 3 is 0.466 bits per heavy atom. The molecule has 0 aliphatic carbocycles. The summed E-state index contributed by atoms with van der Waals surface area (Å²) in [6.45, 7) is 0. The normalized spacial score (nSPS) is 8.55. The van der Waals surface area contributed by atoms with E-state index in [1.165, 1.54) is 175 Å².